The van der Waals surface area contributed by atoms with E-state index in [1.807, 2.05) is 6.92 Å². The molecule has 1 saturated heterocycles. The largest absolute Gasteiger partial charge is 0.466 e. The van der Waals surface area contributed by atoms with Crippen LogP contribution in [-0.4, -0.2) is 42.6 Å². The van der Waals surface area contributed by atoms with Crippen molar-refractivity contribution in [2.24, 2.45) is 11.7 Å². The maximum absolute atomic E-state index is 12.2. The first-order valence-electron chi connectivity index (χ1n) is 7.36. The molecule has 1 aliphatic carbocycles. The number of likely N-dealkylation sites (tertiary alicyclic amines) is 1. The summed E-state index contributed by atoms with van der Waals surface area (Å²) in [5.41, 5.74) is 5.91. The standard InChI is InChI=1S/C14H26N2O2/c1-2-18-13(17)12(11-15)14(7-3-4-8-14)16-9-5-6-10-16/h12H,2-11,15H2,1H3. The first-order valence-corrected chi connectivity index (χ1v) is 7.36. The van der Waals surface area contributed by atoms with Crippen molar-refractivity contribution in [1.29, 1.82) is 0 Å². The van der Waals surface area contributed by atoms with Gasteiger partial charge in [-0.25, -0.2) is 0 Å². The molecule has 1 heterocycles. The van der Waals surface area contributed by atoms with Crippen LogP contribution in [0.2, 0.25) is 0 Å². The third-order valence-electron chi connectivity index (χ3n) is 4.66. The van der Waals surface area contributed by atoms with E-state index in [1.54, 1.807) is 0 Å². The predicted molar refractivity (Wildman–Crippen MR) is 71.2 cm³/mol. The lowest BCUT2D eigenvalue weighted by molar-refractivity contribution is -0.153. The first-order chi connectivity index (χ1) is 8.74. The number of nitrogens with zero attached hydrogens (tertiary/aromatic N) is 1. The Morgan fingerprint density at radius 2 is 1.89 bits per heavy atom. The highest BCUT2D eigenvalue weighted by atomic mass is 16.5. The Morgan fingerprint density at radius 1 is 1.28 bits per heavy atom. The van der Waals surface area contributed by atoms with E-state index in [1.165, 1.54) is 25.7 Å². The van der Waals surface area contributed by atoms with Crippen molar-refractivity contribution < 1.29 is 9.53 Å². The summed E-state index contributed by atoms with van der Waals surface area (Å²) in [6.45, 7) is 4.97. The summed E-state index contributed by atoms with van der Waals surface area (Å²) < 4.78 is 5.25. The number of hydrogen-bond acceptors (Lipinski definition) is 4. The van der Waals surface area contributed by atoms with Crippen LogP contribution in [0.5, 0.6) is 0 Å². The van der Waals surface area contributed by atoms with E-state index in [9.17, 15) is 4.79 Å². The lowest BCUT2D eigenvalue weighted by atomic mass is 9.80. The van der Waals surface area contributed by atoms with E-state index in [0.717, 1.165) is 25.9 Å². The second kappa shape index (κ2) is 6.02. The molecule has 0 aromatic carbocycles. The molecule has 4 nitrogen and oxygen atoms in total. The Balaban J connectivity index is 2.18. The van der Waals surface area contributed by atoms with Gasteiger partial charge in [0.25, 0.3) is 0 Å². The summed E-state index contributed by atoms with van der Waals surface area (Å²) in [5.74, 6) is -0.230. The van der Waals surface area contributed by atoms with Gasteiger partial charge in [0.15, 0.2) is 0 Å². The molecule has 0 radical (unpaired) electrons. The Kier molecular flexibility index (Phi) is 4.62. The van der Waals surface area contributed by atoms with Crippen LogP contribution in [0.4, 0.5) is 0 Å². The highest BCUT2D eigenvalue weighted by molar-refractivity contribution is 5.74. The molecule has 0 aromatic heterocycles. The maximum Gasteiger partial charge on any atom is 0.312 e. The highest BCUT2D eigenvalue weighted by Crippen LogP contribution is 2.43. The number of esters is 1. The second-order valence-electron chi connectivity index (χ2n) is 5.55. The van der Waals surface area contributed by atoms with Gasteiger partial charge in [0, 0.05) is 12.1 Å². The molecule has 2 fully saturated rings. The molecular formula is C14H26N2O2. The molecular weight excluding hydrogens is 228 g/mol. The maximum atomic E-state index is 12.2. The third-order valence-corrected chi connectivity index (χ3v) is 4.66. The summed E-state index contributed by atoms with van der Waals surface area (Å²) in [6, 6.07) is 0. The second-order valence-corrected chi connectivity index (χ2v) is 5.55. The molecule has 2 aliphatic rings. The van der Waals surface area contributed by atoms with Crippen LogP contribution < -0.4 is 5.73 Å². The molecule has 1 atom stereocenters. The van der Waals surface area contributed by atoms with Gasteiger partial charge in [-0.05, 0) is 45.7 Å². The van der Waals surface area contributed by atoms with Crippen molar-refractivity contribution in [1.82, 2.24) is 4.90 Å². The van der Waals surface area contributed by atoms with Gasteiger partial charge in [0.1, 0.15) is 0 Å². The normalized spacial score (nSPS) is 25.2. The van der Waals surface area contributed by atoms with E-state index >= 15 is 0 Å². The Labute approximate surface area is 110 Å². The van der Waals surface area contributed by atoms with Gasteiger partial charge in [-0.2, -0.15) is 0 Å². The summed E-state index contributed by atoms with van der Waals surface area (Å²) >= 11 is 0. The summed E-state index contributed by atoms with van der Waals surface area (Å²) in [6.07, 6.45) is 7.14. The van der Waals surface area contributed by atoms with Crippen LogP contribution in [0.15, 0.2) is 0 Å². The van der Waals surface area contributed by atoms with Crippen molar-refractivity contribution in [3.05, 3.63) is 0 Å². The Bertz CT molecular complexity index is 282. The van der Waals surface area contributed by atoms with E-state index < -0.39 is 0 Å². The molecule has 1 saturated carbocycles. The molecule has 0 spiro atoms. The van der Waals surface area contributed by atoms with Crippen molar-refractivity contribution in [3.63, 3.8) is 0 Å². The lowest BCUT2D eigenvalue weighted by Gasteiger charge is -2.43. The van der Waals surface area contributed by atoms with Crippen molar-refractivity contribution in [2.75, 3.05) is 26.2 Å². The minimum Gasteiger partial charge on any atom is -0.466 e. The van der Waals surface area contributed by atoms with Crippen molar-refractivity contribution in [2.45, 2.75) is 51.0 Å². The van der Waals surface area contributed by atoms with Crippen molar-refractivity contribution in [3.8, 4) is 0 Å². The van der Waals surface area contributed by atoms with E-state index in [-0.39, 0.29) is 17.4 Å². The van der Waals surface area contributed by atoms with Crippen molar-refractivity contribution >= 4 is 5.97 Å². The van der Waals surface area contributed by atoms with Gasteiger partial charge < -0.3 is 10.5 Å². The van der Waals surface area contributed by atoms with Crippen LogP contribution >= 0.6 is 0 Å². The quantitative estimate of drug-likeness (QED) is 0.756. The van der Waals surface area contributed by atoms with Crippen LogP contribution in [0, 0.1) is 5.92 Å². The van der Waals surface area contributed by atoms with Gasteiger partial charge in [0.05, 0.1) is 12.5 Å². The SMILES string of the molecule is CCOC(=O)C(CN)C1(N2CCCC2)CCCC1. The molecule has 104 valence electrons. The Hall–Kier alpha value is -0.610. The minimum atomic E-state index is -0.141. The number of rotatable bonds is 5. The number of nitrogens with two attached hydrogens (primary N) is 1. The van der Waals surface area contributed by atoms with Gasteiger partial charge in [0.2, 0.25) is 0 Å². The monoisotopic (exact) mass is 254 g/mol. The molecule has 0 bridgehead atoms. The smallest absolute Gasteiger partial charge is 0.312 e. The molecule has 1 aliphatic heterocycles. The molecule has 0 amide bonds. The zero-order chi connectivity index (χ0) is 13.0. The van der Waals surface area contributed by atoms with E-state index in [2.05, 4.69) is 4.90 Å². The lowest BCUT2D eigenvalue weighted by Crippen LogP contribution is -2.56. The van der Waals surface area contributed by atoms with Crippen LogP contribution in [0.1, 0.15) is 45.4 Å². The molecule has 0 aromatic rings. The molecule has 18 heavy (non-hydrogen) atoms. The molecule has 1 unspecified atom stereocenters. The average molecular weight is 254 g/mol. The zero-order valence-corrected chi connectivity index (χ0v) is 11.5. The zero-order valence-electron chi connectivity index (χ0n) is 11.5. The molecule has 2 rings (SSSR count). The fourth-order valence-corrected chi connectivity index (χ4v) is 3.81. The van der Waals surface area contributed by atoms with E-state index in [0.29, 0.717) is 13.2 Å². The third kappa shape index (κ3) is 2.41. The van der Waals surface area contributed by atoms with Crippen LogP contribution in [-0.2, 0) is 9.53 Å². The molecule has 4 heteroatoms. The first kappa shape index (κ1) is 13.8. The van der Waals surface area contributed by atoms with Crippen LogP contribution in [0.3, 0.4) is 0 Å². The summed E-state index contributed by atoms with van der Waals surface area (Å²) in [4.78, 5) is 14.7. The highest BCUT2D eigenvalue weighted by Gasteiger charge is 2.49. The number of ether oxygens (including phenoxy) is 1. The topological polar surface area (TPSA) is 55.6 Å². The van der Waals surface area contributed by atoms with Gasteiger partial charge in [-0.15, -0.1) is 0 Å². The number of carbonyl (C=O) groups is 1. The van der Waals surface area contributed by atoms with Gasteiger partial charge in [-0.1, -0.05) is 12.8 Å². The fraction of sp³-hybridized carbons (Fsp3) is 0.929. The fourth-order valence-electron chi connectivity index (χ4n) is 3.81. The number of carbonyl (C=O) groups excluding carboxylic acids is 1. The van der Waals surface area contributed by atoms with Gasteiger partial charge >= 0.3 is 5.97 Å². The van der Waals surface area contributed by atoms with E-state index in [4.69, 9.17) is 10.5 Å². The van der Waals surface area contributed by atoms with Gasteiger partial charge in [-0.3, -0.25) is 9.69 Å². The summed E-state index contributed by atoms with van der Waals surface area (Å²) in [5, 5.41) is 0. The van der Waals surface area contributed by atoms with Crippen LogP contribution in [0.25, 0.3) is 0 Å². The predicted octanol–water partition coefficient (Wildman–Crippen LogP) is 1.53. The minimum absolute atomic E-state index is 0.00248. The summed E-state index contributed by atoms with van der Waals surface area (Å²) in [7, 11) is 0. The number of hydrogen-bond donors (Lipinski definition) is 1. The molecule has 2 N–H and O–H groups in total. The average Bonchev–Trinajstić information content (AvgIpc) is 3.01. The Morgan fingerprint density at radius 3 is 2.39 bits per heavy atom.